The molecule has 0 aliphatic rings. The molecule has 0 bridgehead atoms. The Bertz CT molecular complexity index is 622. The Balaban J connectivity index is 2.15. The molecule has 21 heavy (non-hydrogen) atoms. The molecule has 0 unspecified atom stereocenters. The maximum atomic E-state index is 5.32. The average Bonchev–Trinajstić information content (AvgIpc) is 2.50. The molecule has 110 valence electrons. The third-order valence-electron chi connectivity index (χ3n) is 3.68. The normalized spacial score (nSPS) is 10.9. The summed E-state index contributed by atoms with van der Waals surface area (Å²) >= 11 is 0. The number of rotatable bonds is 5. The predicted octanol–water partition coefficient (Wildman–Crippen LogP) is 4.58. The lowest BCUT2D eigenvalue weighted by Crippen LogP contribution is -1.92. The van der Waals surface area contributed by atoms with Crippen LogP contribution in [0.4, 0.5) is 0 Å². The predicted molar refractivity (Wildman–Crippen MR) is 88.2 cm³/mol. The molecule has 0 heterocycles. The van der Waals surface area contributed by atoms with Crippen molar-refractivity contribution in [1.82, 2.24) is 0 Å². The highest BCUT2D eigenvalue weighted by Gasteiger charge is 2.03. The van der Waals surface area contributed by atoms with Gasteiger partial charge in [0.25, 0.3) is 0 Å². The third-order valence-corrected chi connectivity index (χ3v) is 3.68. The highest BCUT2D eigenvalue weighted by atomic mass is 16.5. The molecule has 0 fully saturated rings. The molecule has 0 aliphatic carbocycles. The van der Waals surface area contributed by atoms with E-state index in [1.165, 1.54) is 16.7 Å². The SMILES string of the molecule is COc1ccc(/C=C\Cc2c(C)cccc2C)cc1OC. The molecule has 0 aromatic heterocycles. The molecule has 0 atom stereocenters. The van der Waals surface area contributed by atoms with E-state index in [1.54, 1.807) is 14.2 Å². The van der Waals surface area contributed by atoms with Crippen LogP contribution in [-0.4, -0.2) is 14.2 Å². The lowest BCUT2D eigenvalue weighted by atomic mass is 9.99. The minimum atomic E-state index is 0.754. The number of methoxy groups -OCH3 is 2. The van der Waals surface area contributed by atoms with E-state index in [2.05, 4.69) is 44.2 Å². The van der Waals surface area contributed by atoms with Gasteiger partial charge in [0.15, 0.2) is 11.5 Å². The van der Waals surface area contributed by atoms with Gasteiger partial charge < -0.3 is 9.47 Å². The molecular formula is C19H22O2. The summed E-state index contributed by atoms with van der Waals surface area (Å²) in [6, 6.07) is 12.4. The second kappa shape index (κ2) is 6.98. The molecule has 2 rings (SSSR count). The largest absolute Gasteiger partial charge is 0.493 e. The Morgan fingerprint density at radius 1 is 0.905 bits per heavy atom. The molecule has 2 aromatic rings. The Kier molecular flexibility index (Phi) is 5.04. The summed E-state index contributed by atoms with van der Waals surface area (Å²) in [4.78, 5) is 0. The van der Waals surface area contributed by atoms with E-state index < -0.39 is 0 Å². The van der Waals surface area contributed by atoms with Crippen LogP contribution in [0.25, 0.3) is 6.08 Å². The minimum Gasteiger partial charge on any atom is -0.493 e. The summed E-state index contributed by atoms with van der Waals surface area (Å²) in [5.74, 6) is 1.51. The Hall–Kier alpha value is -2.22. The van der Waals surface area contributed by atoms with Crippen molar-refractivity contribution in [3.05, 3.63) is 64.7 Å². The minimum absolute atomic E-state index is 0.754. The zero-order valence-corrected chi connectivity index (χ0v) is 13.1. The summed E-state index contributed by atoms with van der Waals surface area (Å²) < 4.78 is 10.6. The highest BCUT2D eigenvalue weighted by molar-refractivity contribution is 5.56. The zero-order chi connectivity index (χ0) is 15.2. The molecule has 0 N–H and O–H groups in total. The summed E-state index contributed by atoms with van der Waals surface area (Å²) in [7, 11) is 3.30. The maximum Gasteiger partial charge on any atom is 0.161 e. The Labute approximate surface area is 127 Å². The van der Waals surface area contributed by atoms with Gasteiger partial charge in [-0.25, -0.2) is 0 Å². The first-order valence-corrected chi connectivity index (χ1v) is 7.09. The van der Waals surface area contributed by atoms with Crippen LogP contribution in [0.3, 0.4) is 0 Å². The number of hydrogen-bond donors (Lipinski definition) is 0. The van der Waals surface area contributed by atoms with Gasteiger partial charge in [0.05, 0.1) is 14.2 Å². The first kappa shape index (κ1) is 15.2. The van der Waals surface area contributed by atoms with Crippen LogP contribution in [0.5, 0.6) is 11.5 Å². The highest BCUT2D eigenvalue weighted by Crippen LogP contribution is 2.28. The second-order valence-electron chi connectivity index (χ2n) is 5.09. The van der Waals surface area contributed by atoms with Gasteiger partial charge in [0.2, 0.25) is 0 Å². The summed E-state index contributed by atoms with van der Waals surface area (Å²) in [6.07, 6.45) is 5.25. The number of ether oxygens (including phenoxy) is 2. The number of hydrogen-bond acceptors (Lipinski definition) is 2. The van der Waals surface area contributed by atoms with Crippen LogP contribution < -0.4 is 9.47 Å². The Morgan fingerprint density at radius 3 is 2.19 bits per heavy atom. The van der Waals surface area contributed by atoms with Crippen molar-refractivity contribution in [2.45, 2.75) is 20.3 Å². The van der Waals surface area contributed by atoms with Gasteiger partial charge in [-0.3, -0.25) is 0 Å². The second-order valence-corrected chi connectivity index (χ2v) is 5.09. The molecule has 2 heteroatoms. The molecule has 2 aromatic carbocycles. The van der Waals surface area contributed by atoms with E-state index in [-0.39, 0.29) is 0 Å². The van der Waals surface area contributed by atoms with Crippen molar-refractivity contribution in [1.29, 1.82) is 0 Å². The smallest absolute Gasteiger partial charge is 0.161 e. The number of benzene rings is 2. The first-order valence-electron chi connectivity index (χ1n) is 7.09. The van der Waals surface area contributed by atoms with Crippen molar-refractivity contribution >= 4 is 6.08 Å². The van der Waals surface area contributed by atoms with Gasteiger partial charge in [-0.1, -0.05) is 36.4 Å². The standard InChI is InChI=1S/C19H22O2/c1-14-7-5-8-15(2)17(14)10-6-9-16-11-12-18(20-3)19(13-16)21-4/h5-9,11-13H,10H2,1-4H3/b9-6-. The topological polar surface area (TPSA) is 18.5 Å². The van der Waals surface area contributed by atoms with Gasteiger partial charge >= 0.3 is 0 Å². The summed E-state index contributed by atoms with van der Waals surface area (Å²) in [6.45, 7) is 4.32. The lowest BCUT2D eigenvalue weighted by Gasteiger charge is -2.08. The van der Waals surface area contributed by atoms with Crippen LogP contribution in [0.2, 0.25) is 0 Å². The van der Waals surface area contributed by atoms with Gasteiger partial charge in [0, 0.05) is 0 Å². The molecule has 0 amide bonds. The third kappa shape index (κ3) is 3.66. The monoisotopic (exact) mass is 282 g/mol. The van der Waals surface area contributed by atoms with Crippen LogP contribution in [-0.2, 0) is 6.42 Å². The Morgan fingerprint density at radius 2 is 1.57 bits per heavy atom. The van der Waals surface area contributed by atoms with E-state index in [0.29, 0.717) is 0 Å². The average molecular weight is 282 g/mol. The van der Waals surface area contributed by atoms with E-state index in [1.807, 2.05) is 18.2 Å². The molecular weight excluding hydrogens is 260 g/mol. The van der Waals surface area contributed by atoms with Crippen LogP contribution in [0.1, 0.15) is 22.3 Å². The fraction of sp³-hybridized carbons (Fsp3) is 0.263. The summed E-state index contributed by atoms with van der Waals surface area (Å²) in [5, 5.41) is 0. The zero-order valence-electron chi connectivity index (χ0n) is 13.1. The summed E-state index contributed by atoms with van der Waals surface area (Å²) in [5.41, 5.74) is 5.19. The number of aryl methyl sites for hydroxylation is 2. The molecule has 0 radical (unpaired) electrons. The van der Waals surface area contributed by atoms with Gasteiger partial charge in [-0.05, 0) is 54.7 Å². The maximum absolute atomic E-state index is 5.32. The van der Waals surface area contributed by atoms with E-state index in [9.17, 15) is 0 Å². The molecule has 0 saturated heterocycles. The van der Waals surface area contributed by atoms with E-state index in [4.69, 9.17) is 9.47 Å². The molecule has 0 aliphatic heterocycles. The first-order chi connectivity index (χ1) is 10.2. The van der Waals surface area contributed by atoms with Crippen LogP contribution in [0, 0.1) is 13.8 Å². The quantitative estimate of drug-likeness (QED) is 0.799. The fourth-order valence-corrected chi connectivity index (χ4v) is 2.44. The van der Waals surface area contributed by atoms with Crippen molar-refractivity contribution in [3.8, 4) is 11.5 Å². The van der Waals surface area contributed by atoms with Gasteiger partial charge in [-0.15, -0.1) is 0 Å². The van der Waals surface area contributed by atoms with Gasteiger partial charge in [-0.2, -0.15) is 0 Å². The molecule has 0 saturated carbocycles. The van der Waals surface area contributed by atoms with Crippen LogP contribution >= 0.6 is 0 Å². The van der Waals surface area contributed by atoms with Crippen molar-refractivity contribution < 1.29 is 9.47 Å². The lowest BCUT2D eigenvalue weighted by molar-refractivity contribution is 0.355. The van der Waals surface area contributed by atoms with E-state index in [0.717, 1.165) is 23.5 Å². The fourth-order valence-electron chi connectivity index (χ4n) is 2.44. The number of allylic oxidation sites excluding steroid dienone is 1. The molecule has 0 spiro atoms. The molecule has 2 nitrogen and oxygen atoms in total. The van der Waals surface area contributed by atoms with Gasteiger partial charge in [0.1, 0.15) is 0 Å². The van der Waals surface area contributed by atoms with E-state index >= 15 is 0 Å². The van der Waals surface area contributed by atoms with Crippen molar-refractivity contribution in [2.75, 3.05) is 14.2 Å². The van der Waals surface area contributed by atoms with Crippen molar-refractivity contribution in [2.24, 2.45) is 0 Å². The van der Waals surface area contributed by atoms with Crippen molar-refractivity contribution in [3.63, 3.8) is 0 Å². The van der Waals surface area contributed by atoms with Crippen LogP contribution in [0.15, 0.2) is 42.5 Å².